The molecule has 3 aromatic carbocycles. The third-order valence-electron chi connectivity index (χ3n) is 4.13. The second-order valence-corrected chi connectivity index (χ2v) is 8.21. The number of hydrogen-bond donors (Lipinski definition) is 4. The second-order valence-electron chi connectivity index (χ2n) is 6.38. The predicted molar refractivity (Wildman–Crippen MR) is 128 cm³/mol. The van der Waals surface area contributed by atoms with E-state index in [0.717, 1.165) is 8.95 Å². The van der Waals surface area contributed by atoms with Crippen LogP contribution in [0.4, 0.5) is 0 Å². The first-order valence-electron chi connectivity index (χ1n) is 9.07. The zero-order valence-corrected chi connectivity index (χ0v) is 19.5. The van der Waals surface area contributed by atoms with E-state index in [1.807, 2.05) is 0 Å². The number of phenolic OH excluding ortho intramolecular Hbond substituents is 2. The molecule has 0 heterocycles. The van der Waals surface area contributed by atoms with Gasteiger partial charge in [0.25, 0.3) is 11.8 Å². The highest BCUT2D eigenvalue weighted by atomic mass is 79.9. The van der Waals surface area contributed by atoms with Crippen molar-refractivity contribution in [3.8, 4) is 11.5 Å². The molecule has 0 bridgehead atoms. The van der Waals surface area contributed by atoms with Crippen LogP contribution in [-0.4, -0.2) is 34.5 Å². The lowest BCUT2D eigenvalue weighted by atomic mass is 10.1. The maximum atomic E-state index is 12.2. The molecule has 10 heteroatoms. The first-order chi connectivity index (χ1) is 15.3. The highest BCUT2D eigenvalue weighted by Crippen LogP contribution is 2.20. The first kappa shape index (κ1) is 23.2. The Kier molecular flexibility index (Phi) is 7.74. The second kappa shape index (κ2) is 10.7. The summed E-state index contributed by atoms with van der Waals surface area (Å²) in [5.41, 5.74) is 6.17. The summed E-state index contributed by atoms with van der Waals surface area (Å²) in [5.74, 6) is -0.907. The van der Waals surface area contributed by atoms with Gasteiger partial charge in [0.1, 0.15) is 11.5 Å². The van der Waals surface area contributed by atoms with Crippen molar-refractivity contribution in [2.45, 2.75) is 0 Å². The lowest BCUT2D eigenvalue weighted by Crippen LogP contribution is -2.19. The van der Waals surface area contributed by atoms with E-state index in [1.54, 1.807) is 24.3 Å². The van der Waals surface area contributed by atoms with E-state index in [9.17, 15) is 19.8 Å². The molecule has 3 aromatic rings. The molecule has 0 aromatic heterocycles. The average molecular weight is 560 g/mol. The summed E-state index contributed by atoms with van der Waals surface area (Å²) in [6.07, 6.45) is 2.64. The van der Waals surface area contributed by atoms with Gasteiger partial charge >= 0.3 is 0 Å². The molecule has 0 unspecified atom stereocenters. The third-order valence-corrected chi connectivity index (χ3v) is 5.11. The Morgan fingerprint density at radius 2 is 1.06 bits per heavy atom. The topological polar surface area (TPSA) is 123 Å². The van der Waals surface area contributed by atoms with Gasteiger partial charge in [-0.3, -0.25) is 9.59 Å². The van der Waals surface area contributed by atoms with Gasteiger partial charge < -0.3 is 10.2 Å². The number of rotatable bonds is 6. The van der Waals surface area contributed by atoms with Crippen LogP contribution in [-0.2, 0) is 0 Å². The van der Waals surface area contributed by atoms with Crippen LogP contribution in [0.5, 0.6) is 11.5 Å². The number of halogens is 2. The molecule has 162 valence electrons. The summed E-state index contributed by atoms with van der Waals surface area (Å²) in [6.45, 7) is 0. The maximum Gasteiger partial charge on any atom is 0.271 e. The average Bonchev–Trinajstić information content (AvgIpc) is 2.78. The fourth-order valence-electron chi connectivity index (χ4n) is 2.48. The highest BCUT2D eigenvalue weighted by molar-refractivity contribution is 9.10. The molecule has 4 N–H and O–H groups in total. The van der Waals surface area contributed by atoms with E-state index in [-0.39, 0.29) is 11.5 Å². The fourth-order valence-corrected chi connectivity index (χ4v) is 3.24. The Bertz CT molecular complexity index is 1120. The summed E-state index contributed by atoms with van der Waals surface area (Å²) in [5, 5.41) is 27.2. The minimum absolute atomic E-state index is 0.0272. The van der Waals surface area contributed by atoms with E-state index < -0.39 is 11.8 Å². The molecular formula is C22H16Br2N4O4. The number of amides is 2. The fraction of sp³-hybridized carbons (Fsp3) is 0. The summed E-state index contributed by atoms with van der Waals surface area (Å²) >= 11 is 6.58. The molecule has 8 nitrogen and oxygen atoms in total. The molecule has 0 radical (unpaired) electrons. The van der Waals surface area contributed by atoms with Gasteiger partial charge in [-0.2, -0.15) is 10.2 Å². The van der Waals surface area contributed by atoms with Crippen LogP contribution in [0.3, 0.4) is 0 Å². The van der Waals surface area contributed by atoms with E-state index in [1.165, 1.54) is 48.8 Å². The van der Waals surface area contributed by atoms with Gasteiger partial charge in [-0.05, 0) is 60.7 Å². The summed E-state index contributed by atoms with van der Waals surface area (Å²) in [7, 11) is 0. The SMILES string of the molecule is O=C(N/N=C\c1cc(Br)ccc1O)c1ccc(C(=O)N/N=C\c2cc(Br)ccc2O)cc1. The van der Waals surface area contributed by atoms with Crippen LogP contribution in [0, 0.1) is 0 Å². The number of hydrogen-bond acceptors (Lipinski definition) is 6. The molecule has 0 saturated carbocycles. The number of hydrazone groups is 2. The predicted octanol–water partition coefficient (Wildman–Crippen LogP) is 4.15. The molecule has 0 atom stereocenters. The van der Waals surface area contributed by atoms with Gasteiger partial charge in [-0.15, -0.1) is 0 Å². The van der Waals surface area contributed by atoms with Gasteiger partial charge in [0.15, 0.2) is 0 Å². The van der Waals surface area contributed by atoms with E-state index in [0.29, 0.717) is 22.3 Å². The van der Waals surface area contributed by atoms with Crippen LogP contribution >= 0.6 is 31.9 Å². The minimum Gasteiger partial charge on any atom is -0.507 e. The standard InChI is InChI=1S/C22H16Br2N4O4/c23-17-5-7-19(29)15(9-17)11-25-27-21(31)13-1-2-14(4-3-13)22(32)28-26-12-16-10-18(24)6-8-20(16)30/h1-12,29-30H,(H,27,31)(H,28,32)/b25-11-,26-12-. The first-order valence-corrected chi connectivity index (χ1v) is 10.7. The van der Waals surface area contributed by atoms with Gasteiger partial charge in [0.05, 0.1) is 12.4 Å². The van der Waals surface area contributed by atoms with Crippen molar-refractivity contribution in [2.75, 3.05) is 0 Å². The Morgan fingerprint density at radius 3 is 1.44 bits per heavy atom. The van der Waals surface area contributed by atoms with Crippen LogP contribution < -0.4 is 10.9 Å². The number of phenols is 2. The Morgan fingerprint density at radius 1 is 0.688 bits per heavy atom. The van der Waals surface area contributed by atoms with Crippen molar-refractivity contribution >= 4 is 56.1 Å². The molecule has 0 aliphatic rings. The lowest BCUT2D eigenvalue weighted by Gasteiger charge is -2.03. The molecule has 0 aliphatic carbocycles. The molecule has 0 spiro atoms. The van der Waals surface area contributed by atoms with Gasteiger partial charge in [0.2, 0.25) is 0 Å². The molecule has 3 rings (SSSR count). The zero-order valence-electron chi connectivity index (χ0n) is 16.3. The smallest absolute Gasteiger partial charge is 0.271 e. The number of benzene rings is 3. The minimum atomic E-state index is -0.481. The van der Waals surface area contributed by atoms with Crippen LogP contribution in [0.25, 0.3) is 0 Å². The Hall–Kier alpha value is -3.50. The summed E-state index contributed by atoms with van der Waals surface area (Å²) in [4.78, 5) is 24.4. The monoisotopic (exact) mass is 558 g/mol. The third kappa shape index (κ3) is 6.25. The van der Waals surface area contributed by atoms with Crippen LogP contribution in [0.15, 0.2) is 79.8 Å². The molecule has 32 heavy (non-hydrogen) atoms. The number of nitrogens with zero attached hydrogens (tertiary/aromatic N) is 2. The van der Waals surface area contributed by atoms with Crippen molar-refractivity contribution in [3.05, 3.63) is 91.9 Å². The van der Waals surface area contributed by atoms with E-state index >= 15 is 0 Å². The van der Waals surface area contributed by atoms with Gasteiger partial charge in [-0.1, -0.05) is 31.9 Å². The number of aromatic hydroxyl groups is 2. The normalized spacial score (nSPS) is 11.1. The molecule has 0 saturated heterocycles. The van der Waals surface area contributed by atoms with Gasteiger partial charge in [-0.25, -0.2) is 10.9 Å². The molecule has 0 aliphatic heterocycles. The Balaban J connectivity index is 1.57. The molecule has 2 amide bonds. The molecule has 0 fully saturated rings. The Labute approximate surface area is 199 Å². The highest BCUT2D eigenvalue weighted by Gasteiger charge is 2.08. The maximum absolute atomic E-state index is 12.2. The van der Waals surface area contributed by atoms with E-state index in [2.05, 4.69) is 52.9 Å². The number of nitrogens with one attached hydrogen (secondary N) is 2. The van der Waals surface area contributed by atoms with Gasteiger partial charge in [0, 0.05) is 31.2 Å². The van der Waals surface area contributed by atoms with Crippen molar-refractivity contribution in [1.29, 1.82) is 0 Å². The lowest BCUT2D eigenvalue weighted by molar-refractivity contribution is 0.0943. The quantitative estimate of drug-likeness (QED) is 0.267. The van der Waals surface area contributed by atoms with Crippen molar-refractivity contribution in [2.24, 2.45) is 10.2 Å². The van der Waals surface area contributed by atoms with Crippen molar-refractivity contribution < 1.29 is 19.8 Å². The largest absolute Gasteiger partial charge is 0.507 e. The molecular weight excluding hydrogens is 544 g/mol. The summed E-state index contributed by atoms with van der Waals surface area (Å²) < 4.78 is 1.52. The summed E-state index contributed by atoms with van der Waals surface area (Å²) in [6, 6.07) is 15.6. The zero-order chi connectivity index (χ0) is 23.1. The van der Waals surface area contributed by atoms with Crippen LogP contribution in [0.1, 0.15) is 31.8 Å². The number of carbonyl (C=O) groups excluding carboxylic acids is 2. The van der Waals surface area contributed by atoms with Crippen LogP contribution in [0.2, 0.25) is 0 Å². The van der Waals surface area contributed by atoms with Crippen molar-refractivity contribution in [3.63, 3.8) is 0 Å². The number of carbonyl (C=O) groups is 2. The van der Waals surface area contributed by atoms with Crippen molar-refractivity contribution in [1.82, 2.24) is 10.9 Å². The van der Waals surface area contributed by atoms with E-state index in [4.69, 9.17) is 0 Å².